The Hall–Kier alpha value is -1.75. The zero-order chi connectivity index (χ0) is 11.7. The van der Waals surface area contributed by atoms with Crippen molar-refractivity contribution in [3.05, 3.63) is 40.0 Å². The van der Waals surface area contributed by atoms with Gasteiger partial charge >= 0.3 is 5.97 Å². The van der Waals surface area contributed by atoms with E-state index in [1.54, 1.807) is 18.2 Å². The summed E-state index contributed by atoms with van der Waals surface area (Å²) in [4.78, 5) is 25.4. The lowest BCUT2D eigenvalue weighted by Gasteiger charge is -2.03. The summed E-state index contributed by atoms with van der Waals surface area (Å²) in [5.41, 5.74) is 1.04. The first kappa shape index (κ1) is 10.8. The number of fused-ring (bicyclic) bond motifs is 1. The van der Waals surface area contributed by atoms with Crippen LogP contribution in [0.5, 0.6) is 0 Å². The van der Waals surface area contributed by atoms with E-state index in [0.717, 1.165) is 11.7 Å². The average Bonchev–Trinajstić information content (AvgIpc) is 2.29. The van der Waals surface area contributed by atoms with Gasteiger partial charge in [-0.25, -0.2) is 9.78 Å². The van der Waals surface area contributed by atoms with Gasteiger partial charge in [-0.1, -0.05) is 0 Å². The van der Waals surface area contributed by atoms with Crippen LogP contribution >= 0.6 is 15.9 Å². The minimum Gasteiger partial charge on any atom is -0.477 e. The van der Waals surface area contributed by atoms with Crippen LogP contribution in [-0.2, 0) is 0 Å². The van der Waals surface area contributed by atoms with Crippen LogP contribution in [0.15, 0.2) is 28.7 Å². The Morgan fingerprint density at radius 3 is 2.69 bits per heavy atom. The van der Waals surface area contributed by atoms with E-state index in [1.807, 2.05) is 0 Å². The van der Waals surface area contributed by atoms with E-state index in [0.29, 0.717) is 15.6 Å². The van der Waals surface area contributed by atoms with E-state index in [1.165, 1.54) is 6.07 Å². The Bertz CT molecular complexity index is 595. The van der Waals surface area contributed by atoms with E-state index in [-0.39, 0.29) is 5.69 Å². The van der Waals surface area contributed by atoms with Crippen LogP contribution in [0.2, 0.25) is 0 Å². The van der Waals surface area contributed by atoms with Crippen LogP contribution < -0.4 is 0 Å². The van der Waals surface area contributed by atoms with E-state index in [2.05, 4.69) is 20.9 Å². The fourth-order valence-electron chi connectivity index (χ4n) is 1.40. The van der Waals surface area contributed by atoms with Gasteiger partial charge in [-0.05, 0) is 40.2 Å². The number of carbonyl (C=O) groups excluding carboxylic acids is 1. The number of pyridine rings is 1. The van der Waals surface area contributed by atoms with Crippen molar-refractivity contribution in [1.82, 2.24) is 4.98 Å². The lowest BCUT2D eigenvalue weighted by Crippen LogP contribution is -2.00. The number of aromatic nitrogens is 1. The van der Waals surface area contributed by atoms with Crippen LogP contribution in [-0.4, -0.2) is 22.3 Å². The van der Waals surface area contributed by atoms with Gasteiger partial charge in [0.1, 0.15) is 5.69 Å². The summed E-state index contributed by atoms with van der Waals surface area (Å²) >= 11 is 3.28. The lowest BCUT2D eigenvalue weighted by atomic mass is 10.1. The molecule has 0 aliphatic heterocycles. The van der Waals surface area contributed by atoms with E-state index in [4.69, 9.17) is 5.11 Å². The summed E-state index contributed by atoms with van der Waals surface area (Å²) in [5.74, 6) is -1.07. The van der Waals surface area contributed by atoms with Crippen molar-refractivity contribution in [3.63, 3.8) is 0 Å². The second kappa shape index (κ2) is 4.02. The van der Waals surface area contributed by atoms with Gasteiger partial charge in [0.05, 0.1) is 5.52 Å². The Kier molecular flexibility index (Phi) is 2.70. The van der Waals surface area contributed by atoms with Crippen molar-refractivity contribution < 1.29 is 14.7 Å². The highest BCUT2D eigenvalue weighted by Gasteiger charge is 2.09. The van der Waals surface area contributed by atoms with Crippen LogP contribution in [0.1, 0.15) is 20.8 Å². The van der Waals surface area contributed by atoms with Gasteiger partial charge in [-0.2, -0.15) is 0 Å². The van der Waals surface area contributed by atoms with Crippen LogP contribution in [0.3, 0.4) is 0 Å². The first-order valence-electron chi connectivity index (χ1n) is 4.41. The van der Waals surface area contributed by atoms with Gasteiger partial charge in [0.15, 0.2) is 6.29 Å². The van der Waals surface area contributed by atoms with Gasteiger partial charge in [0.25, 0.3) is 0 Å². The molecule has 0 aliphatic rings. The Balaban J connectivity index is 2.74. The molecule has 0 radical (unpaired) electrons. The highest BCUT2D eigenvalue weighted by molar-refractivity contribution is 9.10. The number of carboxylic acid groups (broad SMARTS) is 1. The molecule has 0 saturated heterocycles. The molecule has 0 spiro atoms. The molecule has 2 aromatic rings. The maximum atomic E-state index is 10.7. The summed E-state index contributed by atoms with van der Waals surface area (Å²) in [6, 6.07) is 6.25. The molecule has 0 aliphatic carbocycles. The summed E-state index contributed by atoms with van der Waals surface area (Å²) in [6.07, 6.45) is 0.731. The zero-order valence-corrected chi connectivity index (χ0v) is 9.56. The second-order valence-corrected chi connectivity index (χ2v) is 3.95. The van der Waals surface area contributed by atoms with Crippen LogP contribution in [0.25, 0.3) is 10.9 Å². The molecule has 16 heavy (non-hydrogen) atoms. The lowest BCUT2D eigenvalue weighted by molar-refractivity contribution is 0.0691. The summed E-state index contributed by atoms with van der Waals surface area (Å²) in [7, 11) is 0. The topological polar surface area (TPSA) is 67.3 Å². The number of halogens is 1. The third-order valence-corrected chi connectivity index (χ3v) is 3.07. The van der Waals surface area contributed by atoms with E-state index >= 15 is 0 Å². The monoisotopic (exact) mass is 279 g/mol. The molecule has 2 rings (SSSR count). The van der Waals surface area contributed by atoms with Crippen molar-refractivity contribution in [3.8, 4) is 0 Å². The van der Waals surface area contributed by atoms with Crippen molar-refractivity contribution in [1.29, 1.82) is 0 Å². The van der Waals surface area contributed by atoms with Gasteiger partial charge < -0.3 is 5.11 Å². The minimum absolute atomic E-state index is 0.0155. The molecule has 0 saturated carbocycles. The van der Waals surface area contributed by atoms with Gasteiger partial charge in [0, 0.05) is 15.4 Å². The zero-order valence-electron chi connectivity index (χ0n) is 7.98. The number of hydrogen-bond acceptors (Lipinski definition) is 3. The van der Waals surface area contributed by atoms with Gasteiger partial charge in [-0.15, -0.1) is 0 Å². The molecule has 1 heterocycles. The normalized spacial score (nSPS) is 10.3. The van der Waals surface area contributed by atoms with Crippen molar-refractivity contribution in [2.24, 2.45) is 0 Å². The molecule has 0 fully saturated rings. The molecule has 0 unspecified atom stereocenters. The molecular formula is C11H6BrNO3. The predicted octanol–water partition coefficient (Wildman–Crippen LogP) is 2.51. The molecule has 1 N–H and O–H groups in total. The Morgan fingerprint density at radius 2 is 2.06 bits per heavy atom. The molecule has 1 aromatic heterocycles. The number of nitrogens with zero attached hydrogens (tertiary/aromatic N) is 1. The smallest absolute Gasteiger partial charge is 0.354 e. The number of hydrogen-bond donors (Lipinski definition) is 1. The van der Waals surface area contributed by atoms with Crippen LogP contribution in [0.4, 0.5) is 0 Å². The number of carbonyl (C=O) groups is 2. The SMILES string of the molecule is O=Cc1ccc2nc(C(=O)O)ccc2c1Br. The van der Waals surface area contributed by atoms with Gasteiger partial charge in [-0.3, -0.25) is 4.79 Å². The molecule has 80 valence electrons. The largest absolute Gasteiger partial charge is 0.477 e. The molecule has 5 heteroatoms. The average molecular weight is 280 g/mol. The Labute approximate surface area is 99.0 Å². The quantitative estimate of drug-likeness (QED) is 0.858. The Morgan fingerprint density at radius 1 is 1.31 bits per heavy atom. The standard InChI is InChI=1S/C11H6BrNO3/c12-10-6(5-14)1-3-8-7(10)2-4-9(13-8)11(15)16/h1-5H,(H,15,16). The van der Waals surface area contributed by atoms with Gasteiger partial charge in [0.2, 0.25) is 0 Å². The molecular weight excluding hydrogens is 274 g/mol. The number of aromatic carboxylic acids is 1. The number of aldehydes is 1. The highest BCUT2D eigenvalue weighted by Crippen LogP contribution is 2.25. The highest BCUT2D eigenvalue weighted by atomic mass is 79.9. The van der Waals surface area contributed by atoms with Crippen LogP contribution in [0, 0.1) is 0 Å². The summed E-state index contributed by atoms with van der Waals surface area (Å²) < 4.78 is 0.629. The summed E-state index contributed by atoms with van der Waals surface area (Å²) in [6.45, 7) is 0. The second-order valence-electron chi connectivity index (χ2n) is 3.15. The first-order chi connectivity index (χ1) is 7.63. The van der Waals surface area contributed by atoms with Crippen molar-refractivity contribution in [2.45, 2.75) is 0 Å². The fraction of sp³-hybridized carbons (Fsp3) is 0. The first-order valence-corrected chi connectivity index (χ1v) is 5.20. The molecule has 1 aromatic carbocycles. The number of carboxylic acids is 1. The third kappa shape index (κ3) is 1.69. The van der Waals surface area contributed by atoms with E-state index in [9.17, 15) is 9.59 Å². The number of rotatable bonds is 2. The number of benzene rings is 1. The molecule has 4 nitrogen and oxygen atoms in total. The maximum Gasteiger partial charge on any atom is 0.354 e. The molecule has 0 bridgehead atoms. The minimum atomic E-state index is -1.07. The maximum absolute atomic E-state index is 10.7. The van der Waals surface area contributed by atoms with Crippen molar-refractivity contribution in [2.75, 3.05) is 0 Å². The molecule has 0 amide bonds. The van der Waals surface area contributed by atoms with E-state index < -0.39 is 5.97 Å². The third-order valence-electron chi connectivity index (χ3n) is 2.18. The van der Waals surface area contributed by atoms with Crippen molar-refractivity contribution >= 4 is 39.1 Å². The summed E-state index contributed by atoms with van der Waals surface area (Å²) in [5, 5.41) is 9.50. The fourth-order valence-corrected chi connectivity index (χ4v) is 1.96. The molecule has 0 atom stereocenters. The predicted molar refractivity (Wildman–Crippen MR) is 61.8 cm³/mol.